The molecular formula is C18H14N2O10. The first kappa shape index (κ1) is 20.8. The van der Waals surface area contributed by atoms with E-state index in [9.17, 15) is 29.8 Å². The second kappa shape index (κ2) is 9.07. The van der Waals surface area contributed by atoms with Crippen LogP contribution in [0.5, 0.6) is 0 Å². The molecule has 2 atom stereocenters. The van der Waals surface area contributed by atoms with Crippen LogP contribution in [0, 0.1) is 20.2 Å². The fourth-order valence-electron chi connectivity index (χ4n) is 2.61. The Morgan fingerprint density at radius 2 is 1.13 bits per heavy atom. The van der Waals surface area contributed by atoms with Gasteiger partial charge in [0.2, 0.25) is 0 Å². The number of esters is 2. The molecule has 0 spiro atoms. The fourth-order valence-corrected chi connectivity index (χ4v) is 2.61. The summed E-state index contributed by atoms with van der Waals surface area (Å²) < 4.78 is 20.7. The Kier molecular flexibility index (Phi) is 6.29. The van der Waals surface area contributed by atoms with E-state index in [4.69, 9.17) is 18.9 Å². The van der Waals surface area contributed by atoms with Gasteiger partial charge in [0, 0.05) is 12.1 Å². The molecule has 12 nitrogen and oxygen atoms in total. The number of carbonyl (C=O) groups excluding carboxylic acids is 2. The molecule has 0 bridgehead atoms. The summed E-state index contributed by atoms with van der Waals surface area (Å²) in [5, 5.41) is 22.2. The Bertz CT molecular complexity index is 913. The second-order valence-electron chi connectivity index (χ2n) is 5.84. The van der Waals surface area contributed by atoms with Gasteiger partial charge in [-0.05, 0) is 12.1 Å². The van der Waals surface area contributed by atoms with Gasteiger partial charge in [-0.25, -0.2) is 9.59 Å². The van der Waals surface area contributed by atoms with E-state index < -0.39 is 45.7 Å². The first-order valence-electron chi connectivity index (χ1n) is 8.50. The third-order valence-corrected chi connectivity index (χ3v) is 3.96. The van der Waals surface area contributed by atoms with E-state index in [0.29, 0.717) is 0 Å². The molecule has 1 fully saturated rings. The third kappa shape index (κ3) is 4.56. The van der Waals surface area contributed by atoms with Gasteiger partial charge < -0.3 is 18.9 Å². The summed E-state index contributed by atoms with van der Waals surface area (Å²) in [6.07, 6.45) is -3.06. The van der Waals surface area contributed by atoms with Crippen molar-refractivity contribution < 1.29 is 38.4 Å². The minimum atomic E-state index is -1.53. The number of nitrogens with zero attached hydrogens (tertiary/aromatic N) is 2. The number of hydrogen-bond donors (Lipinski definition) is 0. The van der Waals surface area contributed by atoms with Gasteiger partial charge in [0.1, 0.15) is 11.1 Å². The summed E-state index contributed by atoms with van der Waals surface area (Å²) >= 11 is 0. The van der Waals surface area contributed by atoms with E-state index in [2.05, 4.69) is 0 Å². The lowest BCUT2D eigenvalue weighted by Gasteiger charge is -2.30. The van der Waals surface area contributed by atoms with Gasteiger partial charge in [0.25, 0.3) is 24.0 Å². The molecule has 156 valence electrons. The van der Waals surface area contributed by atoms with Crippen LogP contribution in [0.15, 0.2) is 48.5 Å². The van der Waals surface area contributed by atoms with Crippen LogP contribution < -0.4 is 0 Å². The van der Waals surface area contributed by atoms with Crippen LogP contribution >= 0.6 is 0 Å². The molecule has 0 amide bonds. The molecule has 2 aromatic rings. The van der Waals surface area contributed by atoms with Crippen molar-refractivity contribution >= 4 is 23.3 Å². The van der Waals surface area contributed by atoms with Crippen molar-refractivity contribution in [1.29, 1.82) is 0 Å². The standard InChI is InChI=1S/C18H14N2O10/c21-15(11-5-1-3-7-13(11)19(23)24)29-17-18(28-10-9-27-17)30-16(22)12-6-2-4-8-14(12)20(25)26/h1-8,17-18H,9-10H2/t17-,18+. The van der Waals surface area contributed by atoms with Crippen molar-refractivity contribution in [3.05, 3.63) is 79.9 Å². The minimum absolute atomic E-state index is 0.00559. The molecule has 30 heavy (non-hydrogen) atoms. The van der Waals surface area contributed by atoms with Crippen molar-refractivity contribution in [2.45, 2.75) is 12.6 Å². The number of hydrogen-bond acceptors (Lipinski definition) is 10. The van der Waals surface area contributed by atoms with Crippen molar-refractivity contribution in [3.8, 4) is 0 Å². The Labute approximate surface area is 168 Å². The monoisotopic (exact) mass is 418 g/mol. The molecule has 0 saturated carbocycles. The van der Waals surface area contributed by atoms with Gasteiger partial charge in [0.15, 0.2) is 0 Å². The molecule has 2 aromatic carbocycles. The molecule has 0 radical (unpaired) electrons. The maximum Gasteiger partial charge on any atom is 0.347 e. The van der Waals surface area contributed by atoms with Gasteiger partial charge in [0.05, 0.1) is 23.1 Å². The Hall–Kier alpha value is -3.90. The highest BCUT2D eigenvalue weighted by Crippen LogP contribution is 2.24. The second-order valence-corrected chi connectivity index (χ2v) is 5.84. The summed E-state index contributed by atoms with van der Waals surface area (Å²) in [7, 11) is 0. The molecule has 1 aliphatic rings. The fraction of sp³-hybridized carbons (Fsp3) is 0.222. The summed E-state index contributed by atoms with van der Waals surface area (Å²) in [6, 6.07) is 10.2. The number of ether oxygens (including phenoxy) is 4. The molecule has 12 heteroatoms. The van der Waals surface area contributed by atoms with Crippen molar-refractivity contribution in [3.63, 3.8) is 0 Å². The largest absolute Gasteiger partial charge is 0.425 e. The first-order valence-corrected chi connectivity index (χ1v) is 8.50. The molecular weight excluding hydrogens is 404 g/mol. The van der Waals surface area contributed by atoms with E-state index >= 15 is 0 Å². The number of nitro groups is 2. The molecule has 0 unspecified atom stereocenters. The summed E-state index contributed by atoms with van der Waals surface area (Å²) in [4.78, 5) is 45.5. The van der Waals surface area contributed by atoms with Crippen LogP contribution in [0.3, 0.4) is 0 Å². The predicted molar refractivity (Wildman–Crippen MR) is 96.5 cm³/mol. The Morgan fingerprint density at radius 3 is 1.50 bits per heavy atom. The molecule has 0 N–H and O–H groups in total. The van der Waals surface area contributed by atoms with Gasteiger partial charge >= 0.3 is 11.9 Å². The Balaban J connectivity index is 1.76. The summed E-state index contributed by atoms with van der Waals surface area (Å²) in [5.74, 6) is -2.19. The van der Waals surface area contributed by atoms with Crippen molar-refractivity contribution in [2.24, 2.45) is 0 Å². The quantitative estimate of drug-likeness (QED) is 0.387. The number of carbonyl (C=O) groups is 2. The molecule has 3 rings (SSSR count). The van der Waals surface area contributed by atoms with Gasteiger partial charge in [-0.15, -0.1) is 0 Å². The van der Waals surface area contributed by atoms with Gasteiger partial charge in [-0.2, -0.15) is 0 Å². The van der Waals surface area contributed by atoms with Gasteiger partial charge in [-0.1, -0.05) is 24.3 Å². The number of benzene rings is 2. The van der Waals surface area contributed by atoms with E-state index in [0.717, 1.165) is 12.1 Å². The number of rotatable bonds is 6. The van der Waals surface area contributed by atoms with Crippen molar-refractivity contribution in [1.82, 2.24) is 0 Å². The normalized spacial score (nSPS) is 18.3. The van der Waals surface area contributed by atoms with Crippen LogP contribution in [0.4, 0.5) is 11.4 Å². The lowest BCUT2D eigenvalue weighted by Crippen LogP contribution is -2.44. The van der Waals surface area contributed by atoms with Crippen LogP contribution in [-0.4, -0.2) is 47.6 Å². The highest BCUT2D eigenvalue weighted by molar-refractivity contribution is 5.94. The predicted octanol–water partition coefficient (Wildman–Crippen LogP) is 2.22. The van der Waals surface area contributed by atoms with Crippen LogP contribution in [0.1, 0.15) is 20.7 Å². The van der Waals surface area contributed by atoms with Gasteiger partial charge in [-0.3, -0.25) is 20.2 Å². The van der Waals surface area contributed by atoms with E-state index in [1.807, 2.05) is 0 Å². The average Bonchev–Trinajstić information content (AvgIpc) is 2.75. The average molecular weight is 418 g/mol. The molecule has 0 aromatic heterocycles. The maximum absolute atomic E-state index is 12.4. The number of nitro benzene ring substituents is 2. The minimum Gasteiger partial charge on any atom is -0.425 e. The lowest BCUT2D eigenvalue weighted by atomic mass is 10.2. The first-order chi connectivity index (χ1) is 14.4. The molecule has 1 saturated heterocycles. The van der Waals surface area contributed by atoms with Crippen LogP contribution in [0.2, 0.25) is 0 Å². The highest BCUT2D eigenvalue weighted by atomic mass is 16.8. The highest BCUT2D eigenvalue weighted by Gasteiger charge is 2.36. The number of para-hydroxylation sites is 2. The lowest BCUT2D eigenvalue weighted by molar-refractivity contribution is -0.385. The van der Waals surface area contributed by atoms with E-state index in [1.54, 1.807) is 0 Å². The zero-order chi connectivity index (χ0) is 21.7. The van der Waals surface area contributed by atoms with Crippen LogP contribution in [-0.2, 0) is 18.9 Å². The van der Waals surface area contributed by atoms with Crippen molar-refractivity contribution in [2.75, 3.05) is 13.2 Å². The maximum atomic E-state index is 12.4. The SMILES string of the molecule is O=C(O[C@H]1OCCO[C@H]1OC(=O)c1ccccc1[N+](=O)[O-])c1ccccc1[N+](=O)[O-]. The Morgan fingerprint density at radius 1 is 0.767 bits per heavy atom. The molecule has 1 aliphatic heterocycles. The molecule has 1 heterocycles. The summed E-state index contributed by atoms with van der Waals surface area (Å²) in [5.41, 5.74) is -1.62. The van der Waals surface area contributed by atoms with Crippen LogP contribution in [0.25, 0.3) is 0 Å². The zero-order valence-corrected chi connectivity index (χ0v) is 15.2. The molecule has 0 aliphatic carbocycles. The third-order valence-electron chi connectivity index (χ3n) is 3.96. The topological polar surface area (TPSA) is 157 Å². The smallest absolute Gasteiger partial charge is 0.347 e. The summed E-state index contributed by atoms with van der Waals surface area (Å²) in [6.45, 7) is -0.0112. The van der Waals surface area contributed by atoms with E-state index in [1.165, 1.54) is 36.4 Å². The van der Waals surface area contributed by atoms with E-state index in [-0.39, 0.29) is 24.3 Å². The zero-order valence-electron chi connectivity index (χ0n) is 15.2.